The Kier molecular flexibility index (Phi) is 5.00. The van der Waals surface area contributed by atoms with Crippen LogP contribution in [0.3, 0.4) is 0 Å². The first-order valence-corrected chi connectivity index (χ1v) is 6.55. The van der Waals surface area contributed by atoms with E-state index >= 15 is 0 Å². The zero-order chi connectivity index (χ0) is 16.9. The molecule has 7 heteroatoms. The number of hydrogen-bond acceptors (Lipinski definition) is 3. The molecule has 0 bridgehead atoms. The van der Waals surface area contributed by atoms with Crippen molar-refractivity contribution in [3.05, 3.63) is 65.2 Å². The minimum Gasteiger partial charge on any atom is -0.497 e. The van der Waals surface area contributed by atoms with Crippen LogP contribution in [0, 0.1) is 0 Å². The fourth-order valence-corrected chi connectivity index (χ4v) is 1.73. The van der Waals surface area contributed by atoms with E-state index in [4.69, 9.17) is 4.74 Å². The van der Waals surface area contributed by atoms with Crippen LogP contribution in [-0.4, -0.2) is 19.2 Å². The minimum absolute atomic E-state index is 0.385. The van der Waals surface area contributed by atoms with Crippen LogP contribution in [0.15, 0.2) is 53.6 Å². The molecule has 0 aliphatic rings. The number of amides is 1. The molecule has 0 radical (unpaired) electrons. The Morgan fingerprint density at radius 2 is 1.70 bits per heavy atom. The third kappa shape index (κ3) is 4.57. The van der Waals surface area contributed by atoms with E-state index in [0.29, 0.717) is 16.9 Å². The quantitative estimate of drug-likeness (QED) is 0.692. The van der Waals surface area contributed by atoms with Gasteiger partial charge < -0.3 is 4.74 Å². The summed E-state index contributed by atoms with van der Waals surface area (Å²) in [5.74, 6) is 0.186. The molecule has 120 valence electrons. The Hall–Kier alpha value is -2.83. The van der Waals surface area contributed by atoms with Crippen molar-refractivity contribution in [1.29, 1.82) is 0 Å². The average Bonchev–Trinajstić information content (AvgIpc) is 2.54. The smallest absolute Gasteiger partial charge is 0.416 e. The van der Waals surface area contributed by atoms with Crippen molar-refractivity contribution < 1.29 is 22.7 Å². The summed E-state index contributed by atoms with van der Waals surface area (Å²) in [7, 11) is 1.52. The molecule has 2 aromatic carbocycles. The van der Waals surface area contributed by atoms with Crippen molar-refractivity contribution >= 4 is 12.1 Å². The third-order valence-electron chi connectivity index (χ3n) is 2.97. The Bertz CT molecular complexity index is 693. The molecule has 1 N–H and O–H groups in total. The number of rotatable bonds is 4. The molecule has 0 aliphatic carbocycles. The summed E-state index contributed by atoms with van der Waals surface area (Å²) in [5, 5.41) is 3.72. The summed E-state index contributed by atoms with van der Waals surface area (Å²) in [5.41, 5.74) is 2.38. The van der Waals surface area contributed by atoms with Crippen molar-refractivity contribution in [2.75, 3.05) is 7.11 Å². The first-order valence-electron chi connectivity index (χ1n) is 6.55. The second-order valence-electron chi connectivity index (χ2n) is 4.55. The van der Waals surface area contributed by atoms with E-state index in [1.165, 1.54) is 25.5 Å². The number of alkyl halides is 3. The van der Waals surface area contributed by atoms with Gasteiger partial charge in [-0.05, 0) is 42.0 Å². The molecule has 2 aromatic rings. The van der Waals surface area contributed by atoms with E-state index in [2.05, 4.69) is 10.5 Å². The van der Waals surface area contributed by atoms with Crippen LogP contribution >= 0.6 is 0 Å². The van der Waals surface area contributed by atoms with Gasteiger partial charge in [-0.25, -0.2) is 5.43 Å². The maximum Gasteiger partial charge on any atom is 0.416 e. The SMILES string of the molecule is COc1ccc(C(=O)N/N=C\c2ccc(C(F)(F)F)cc2)cc1. The Labute approximate surface area is 130 Å². The highest BCUT2D eigenvalue weighted by atomic mass is 19.4. The molecule has 0 fully saturated rings. The number of hydrogen-bond donors (Lipinski definition) is 1. The summed E-state index contributed by atoms with van der Waals surface area (Å²) in [6, 6.07) is 10.9. The van der Waals surface area contributed by atoms with Gasteiger partial charge >= 0.3 is 6.18 Å². The number of nitrogens with zero attached hydrogens (tertiary/aromatic N) is 1. The van der Waals surface area contributed by atoms with E-state index in [9.17, 15) is 18.0 Å². The molecule has 23 heavy (non-hydrogen) atoms. The highest BCUT2D eigenvalue weighted by Gasteiger charge is 2.29. The zero-order valence-electron chi connectivity index (χ0n) is 12.1. The summed E-state index contributed by atoms with van der Waals surface area (Å²) in [6.45, 7) is 0. The molecule has 4 nitrogen and oxygen atoms in total. The number of hydrazone groups is 1. The fraction of sp³-hybridized carbons (Fsp3) is 0.125. The highest BCUT2D eigenvalue weighted by molar-refractivity contribution is 5.94. The first-order chi connectivity index (χ1) is 10.9. The van der Waals surface area contributed by atoms with Gasteiger partial charge in [0, 0.05) is 5.56 Å². The number of carbonyl (C=O) groups excluding carboxylic acids is 1. The van der Waals surface area contributed by atoms with Crippen LogP contribution in [0.2, 0.25) is 0 Å². The van der Waals surface area contributed by atoms with E-state index in [-0.39, 0.29) is 0 Å². The van der Waals surface area contributed by atoms with Gasteiger partial charge in [-0.3, -0.25) is 4.79 Å². The van der Waals surface area contributed by atoms with Crippen molar-refractivity contribution in [1.82, 2.24) is 5.43 Å². The van der Waals surface area contributed by atoms with E-state index < -0.39 is 17.6 Å². The average molecular weight is 322 g/mol. The molecule has 0 unspecified atom stereocenters. The maximum atomic E-state index is 12.4. The summed E-state index contributed by atoms with van der Waals surface area (Å²) in [6.07, 6.45) is -3.11. The summed E-state index contributed by atoms with van der Waals surface area (Å²) in [4.78, 5) is 11.8. The van der Waals surface area contributed by atoms with Gasteiger partial charge in [0.05, 0.1) is 18.9 Å². The summed E-state index contributed by atoms with van der Waals surface area (Å²) < 4.78 is 42.2. The topological polar surface area (TPSA) is 50.7 Å². The maximum absolute atomic E-state index is 12.4. The lowest BCUT2D eigenvalue weighted by molar-refractivity contribution is -0.137. The molecule has 0 atom stereocenters. The van der Waals surface area contributed by atoms with Crippen molar-refractivity contribution in [3.8, 4) is 5.75 Å². The Morgan fingerprint density at radius 1 is 1.09 bits per heavy atom. The standard InChI is InChI=1S/C16H13F3N2O2/c1-23-14-8-4-12(5-9-14)15(22)21-20-10-11-2-6-13(7-3-11)16(17,18)19/h2-10H,1H3,(H,21,22)/b20-10-. The highest BCUT2D eigenvalue weighted by Crippen LogP contribution is 2.28. The van der Waals surface area contributed by atoms with Crippen LogP contribution in [0.1, 0.15) is 21.5 Å². The lowest BCUT2D eigenvalue weighted by Crippen LogP contribution is -2.17. The van der Waals surface area contributed by atoms with Crippen LogP contribution in [0.5, 0.6) is 5.75 Å². The van der Waals surface area contributed by atoms with E-state index in [1.54, 1.807) is 24.3 Å². The molecule has 0 aromatic heterocycles. The molecular formula is C16H13F3N2O2. The number of methoxy groups -OCH3 is 1. The monoisotopic (exact) mass is 322 g/mol. The fourth-order valence-electron chi connectivity index (χ4n) is 1.73. The molecule has 1 amide bonds. The number of benzene rings is 2. The molecular weight excluding hydrogens is 309 g/mol. The predicted molar refractivity (Wildman–Crippen MR) is 79.5 cm³/mol. The van der Waals surface area contributed by atoms with Crippen molar-refractivity contribution in [2.45, 2.75) is 6.18 Å². The van der Waals surface area contributed by atoms with Gasteiger partial charge in [-0.2, -0.15) is 18.3 Å². The Morgan fingerprint density at radius 3 is 2.22 bits per heavy atom. The van der Waals surface area contributed by atoms with Gasteiger partial charge in [0.2, 0.25) is 0 Å². The van der Waals surface area contributed by atoms with Crippen LogP contribution in [0.4, 0.5) is 13.2 Å². The zero-order valence-corrected chi connectivity index (χ0v) is 12.1. The number of ether oxygens (including phenoxy) is 1. The number of nitrogens with one attached hydrogen (secondary N) is 1. The molecule has 2 rings (SSSR count). The largest absolute Gasteiger partial charge is 0.497 e. The van der Waals surface area contributed by atoms with Gasteiger partial charge in [-0.1, -0.05) is 12.1 Å². The predicted octanol–water partition coefficient (Wildman–Crippen LogP) is 3.48. The number of carbonyl (C=O) groups is 1. The van der Waals surface area contributed by atoms with Gasteiger partial charge in [0.25, 0.3) is 5.91 Å². The van der Waals surface area contributed by atoms with E-state index in [0.717, 1.165) is 12.1 Å². The minimum atomic E-state index is -4.38. The lowest BCUT2D eigenvalue weighted by Gasteiger charge is -2.05. The van der Waals surface area contributed by atoms with Crippen molar-refractivity contribution in [2.24, 2.45) is 5.10 Å². The first kappa shape index (κ1) is 16.5. The van der Waals surface area contributed by atoms with Crippen molar-refractivity contribution in [3.63, 3.8) is 0 Å². The van der Waals surface area contributed by atoms with Gasteiger partial charge in [-0.15, -0.1) is 0 Å². The van der Waals surface area contributed by atoms with Crippen LogP contribution in [0.25, 0.3) is 0 Å². The number of halogens is 3. The van der Waals surface area contributed by atoms with Gasteiger partial charge in [0.15, 0.2) is 0 Å². The third-order valence-corrected chi connectivity index (χ3v) is 2.97. The molecule has 0 spiro atoms. The van der Waals surface area contributed by atoms with E-state index in [1.807, 2.05) is 0 Å². The second-order valence-corrected chi connectivity index (χ2v) is 4.55. The summed E-state index contributed by atoms with van der Waals surface area (Å²) >= 11 is 0. The molecule has 0 saturated heterocycles. The second kappa shape index (κ2) is 6.95. The molecule has 0 saturated carbocycles. The normalized spacial score (nSPS) is 11.5. The van der Waals surface area contributed by atoms with Gasteiger partial charge in [0.1, 0.15) is 5.75 Å². The van der Waals surface area contributed by atoms with Crippen LogP contribution < -0.4 is 10.2 Å². The molecule has 0 aliphatic heterocycles. The molecule has 0 heterocycles. The Balaban J connectivity index is 1.96. The van der Waals surface area contributed by atoms with Crippen LogP contribution in [-0.2, 0) is 6.18 Å². The lowest BCUT2D eigenvalue weighted by atomic mass is 10.1.